The van der Waals surface area contributed by atoms with E-state index in [1.807, 2.05) is 37.4 Å². The second kappa shape index (κ2) is 7.04. The number of thiophene rings is 1. The molecule has 2 aromatic heterocycles. The van der Waals surface area contributed by atoms with Gasteiger partial charge in [-0.05, 0) is 58.9 Å². The van der Waals surface area contributed by atoms with Crippen molar-refractivity contribution in [2.75, 3.05) is 12.4 Å². The third-order valence-corrected chi connectivity index (χ3v) is 4.35. The van der Waals surface area contributed by atoms with Crippen molar-refractivity contribution in [3.8, 4) is 0 Å². The van der Waals surface area contributed by atoms with Crippen LogP contribution in [-0.4, -0.2) is 28.9 Å². The molecule has 0 atom stereocenters. The van der Waals surface area contributed by atoms with Gasteiger partial charge in [0.1, 0.15) is 11.5 Å². The van der Waals surface area contributed by atoms with E-state index in [4.69, 9.17) is 0 Å². The molecule has 0 unspecified atom stereocenters. The average molecular weight is 368 g/mol. The van der Waals surface area contributed by atoms with E-state index in [0.717, 1.165) is 15.2 Å². The first-order valence-electron chi connectivity index (χ1n) is 6.67. The highest BCUT2D eigenvalue weighted by Crippen LogP contribution is 2.21. The number of nitrogens with zero attached hydrogens (tertiary/aromatic N) is 2. The second-order valence-corrected chi connectivity index (χ2v) is 7.42. The standard InChI is InChI=1S/C15H18BrN3OS/c1-10(2)17-14-6-4-5-12(18-14)15(20)19(3)8-11-7-13(16)21-9-11/h4-7,9-10H,8H2,1-3H3,(H,17,18). The molecular weight excluding hydrogens is 350 g/mol. The van der Waals surface area contributed by atoms with Crippen molar-refractivity contribution in [2.45, 2.75) is 26.4 Å². The highest BCUT2D eigenvalue weighted by molar-refractivity contribution is 9.11. The normalized spacial score (nSPS) is 10.7. The van der Waals surface area contributed by atoms with Crippen LogP contribution in [-0.2, 0) is 6.54 Å². The third kappa shape index (κ3) is 4.54. The van der Waals surface area contributed by atoms with Crippen molar-refractivity contribution in [1.82, 2.24) is 9.88 Å². The minimum absolute atomic E-state index is 0.0790. The summed E-state index contributed by atoms with van der Waals surface area (Å²) in [7, 11) is 1.79. The summed E-state index contributed by atoms with van der Waals surface area (Å²) in [5, 5.41) is 5.25. The number of hydrogen-bond acceptors (Lipinski definition) is 4. The Morgan fingerprint density at radius 1 is 1.48 bits per heavy atom. The minimum atomic E-state index is -0.0790. The van der Waals surface area contributed by atoms with Gasteiger partial charge in [0, 0.05) is 19.6 Å². The number of amides is 1. The van der Waals surface area contributed by atoms with E-state index >= 15 is 0 Å². The van der Waals surface area contributed by atoms with E-state index < -0.39 is 0 Å². The van der Waals surface area contributed by atoms with Crippen LogP contribution in [0.1, 0.15) is 29.9 Å². The Labute approximate surface area is 137 Å². The first-order valence-corrected chi connectivity index (χ1v) is 8.35. The Kier molecular flexibility index (Phi) is 5.36. The Balaban J connectivity index is 2.08. The maximum absolute atomic E-state index is 12.4. The van der Waals surface area contributed by atoms with E-state index in [0.29, 0.717) is 12.2 Å². The van der Waals surface area contributed by atoms with Gasteiger partial charge in [0.25, 0.3) is 5.91 Å². The van der Waals surface area contributed by atoms with Gasteiger partial charge in [0.05, 0.1) is 3.79 Å². The van der Waals surface area contributed by atoms with Gasteiger partial charge < -0.3 is 10.2 Å². The lowest BCUT2D eigenvalue weighted by Crippen LogP contribution is -2.27. The molecule has 0 bridgehead atoms. The molecule has 1 amide bonds. The maximum atomic E-state index is 12.4. The smallest absolute Gasteiger partial charge is 0.272 e. The molecule has 0 aliphatic heterocycles. The molecule has 112 valence electrons. The van der Waals surface area contributed by atoms with Crippen LogP contribution in [0.2, 0.25) is 0 Å². The molecule has 0 spiro atoms. The summed E-state index contributed by atoms with van der Waals surface area (Å²) in [6.07, 6.45) is 0. The lowest BCUT2D eigenvalue weighted by atomic mass is 10.2. The zero-order valence-corrected chi connectivity index (χ0v) is 14.7. The molecular formula is C15H18BrN3OS. The number of carbonyl (C=O) groups is 1. The number of halogens is 1. The van der Waals surface area contributed by atoms with Gasteiger partial charge in [0.15, 0.2) is 0 Å². The van der Waals surface area contributed by atoms with Crippen LogP contribution in [0.15, 0.2) is 33.4 Å². The molecule has 1 N–H and O–H groups in total. The Morgan fingerprint density at radius 2 is 2.24 bits per heavy atom. The Hall–Kier alpha value is -1.40. The van der Waals surface area contributed by atoms with Gasteiger partial charge in [-0.25, -0.2) is 4.98 Å². The molecule has 0 aromatic carbocycles. The molecule has 0 saturated heterocycles. The van der Waals surface area contributed by atoms with E-state index in [1.54, 1.807) is 29.4 Å². The van der Waals surface area contributed by atoms with Crippen molar-refractivity contribution in [3.63, 3.8) is 0 Å². The van der Waals surface area contributed by atoms with Crippen molar-refractivity contribution in [2.24, 2.45) is 0 Å². The minimum Gasteiger partial charge on any atom is -0.368 e. The fraction of sp³-hybridized carbons (Fsp3) is 0.333. The first kappa shape index (κ1) is 16.0. The molecule has 4 nitrogen and oxygen atoms in total. The zero-order chi connectivity index (χ0) is 15.4. The predicted molar refractivity (Wildman–Crippen MR) is 90.8 cm³/mol. The number of rotatable bonds is 5. The van der Waals surface area contributed by atoms with Crippen LogP contribution in [0.25, 0.3) is 0 Å². The number of hydrogen-bond donors (Lipinski definition) is 1. The topological polar surface area (TPSA) is 45.2 Å². The van der Waals surface area contributed by atoms with Gasteiger partial charge in [-0.3, -0.25) is 4.79 Å². The number of pyridine rings is 1. The molecule has 0 saturated carbocycles. The van der Waals surface area contributed by atoms with Crippen LogP contribution in [0, 0.1) is 0 Å². The summed E-state index contributed by atoms with van der Waals surface area (Å²) >= 11 is 5.05. The fourth-order valence-electron chi connectivity index (χ4n) is 1.90. The van der Waals surface area contributed by atoms with Gasteiger partial charge in [-0.15, -0.1) is 11.3 Å². The van der Waals surface area contributed by atoms with Gasteiger partial charge >= 0.3 is 0 Å². The fourth-order valence-corrected chi connectivity index (χ4v) is 3.10. The Bertz CT molecular complexity index is 627. The lowest BCUT2D eigenvalue weighted by Gasteiger charge is -2.17. The van der Waals surface area contributed by atoms with E-state index in [9.17, 15) is 4.79 Å². The number of anilines is 1. The molecule has 0 fully saturated rings. The summed E-state index contributed by atoms with van der Waals surface area (Å²) in [5.74, 6) is 0.646. The third-order valence-electron chi connectivity index (χ3n) is 2.79. The predicted octanol–water partition coefficient (Wildman–Crippen LogP) is 4.00. The van der Waals surface area contributed by atoms with Crippen LogP contribution in [0.5, 0.6) is 0 Å². The molecule has 2 rings (SSSR count). The van der Waals surface area contributed by atoms with E-state index in [2.05, 4.69) is 26.2 Å². The molecule has 2 aromatic rings. The molecule has 21 heavy (non-hydrogen) atoms. The van der Waals surface area contributed by atoms with Crippen LogP contribution in [0.3, 0.4) is 0 Å². The van der Waals surface area contributed by atoms with Crippen LogP contribution < -0.4 is 5.32 Å². The van der Waals surface area contributed by atoms with Crippen molar-refractivity contribution < 1.29 is 4.79 Å². The van der Waals surface area contributed by atoms with Crippen molar-refractivity contribution >= 4 is 39.0 Å². The van der Waals surface area contributed by atoms with Crippen LogP contribution in [0.4, 0.5) is 5.82 Å². The zero-order valence-electron chi connectivity index (χ0n) is 12.3. The van der Waals surface area contributed by atoms with Crippen molar-refractivity contribution in [1.29, 1.82) is 0 Å². The van der Waals surface area contributed by atoms with Gasteiger partial charge in [-0.1, -0.05) is 6.07 Å². The molecule has 2 heterocycles. The van der Waals surface area contributed by atoms with E-state index in [1.165, 1.54) is 0 Å². The summed E-state index contributed by atoms with van der Waals surface area (Å²) in [6.45, 7) is 4.65. The largest absolute Gasteiger partial charge is 0.368 e. The number of aromatic nitrogens is 1. The Morgan fingerprint density at radius 3 is 2.86 bits per heavy atom. The monoisotopic (exact) mass is 367 g/mol. The molecule has 6 heteroatoms. The molecule has 0 aliphatic rings. The molecule has 0 radical (unpaired) electrons. The summed E-state index contributed by atoms with van der Waals surface area (Å²) < 4.78 is 1.07. The molecule has 0 aliphatic carbocycles. The number of nitrogens with one attached hydrogen (secondary N) is 1. The SMILES string of the molecule is CC(C)Nc1cccc(C(=O)N(C)Cc2csc(Br)c2)n1. The average Bonchev–Trinajstić information content (AvgIpc) is 2.82. The van der Waals surface area contributed by atoms with Crippen LogP contribution >= 0.6 is 27.3 Å². The summed E-state index contributed by atoms with van der Waals surface area (Å²) in [5.41, 5.74) is 1.57. The second-order valence-electron chi connectivity index (χ2n) is 5.13. The first-order chi connectivity index (χ1) is 9.95. The summed E-state index contributed by atoms with van der Waals surface area (Å²) in [4.78, 5) is 18.5. The maximum Gasteiger partial charge on any atom is 0.272 e. The van der Waals surface area contributed by atoms with E-state index in [-0.39, 0.29) is 11.9 Å². The van der Waals surface area contributed by atoms with Gasteiger partial charge in [0.2, 0.25) is 0 Å². The highest BCUT2D eigenvalue weighted by atomic mass is 79.9. The van der Waals surface area contributed by atoms with Gasteiger partial charge in [-0.2, -0.15) is 0 Å². The number of carbonyl (C=O) groups excluding carboxylic acids is 1. The highest BCUT2D eigenvalue weighted by Gasteiger charge is 2.14. The van der Waals surface area contributed by atoms with Crippen molar-refractivity contribution in [3.05, 3.63) is 44.7 Å². The quantitative estimate of drug-likeness (QED) is 0.868. The summed E-state index contributed by atoms with van der Waals surface area (Å²) in [6, 6.07) is 7.77. The lowest BCUT2D eigenvalue weighted by molar-refractivity contribution is 0.0779.